The number of aromatic nitrogens is 2. The van der Waals surface area contributed by atoms with Gasteiger partial charge in [-0.05, 0) is 118 Å². The molecule has 0 saturated heterocycles. The van der Waals surface area contributed by atoms with Crippen LogP contribution in [0.3, 0.4) is 0 Å². The summed E-state index contributed by atoms with van der Waals surface area (Å²) in [6, 6.07) is 18.6. The molecule has 6 rings (SSSR count). The zero-order chi connectivity index (χ0) is 40.4. The van der Waals surface area contributed by atoms with Gasteiger partial charge in [-0.2, -0.15) is 0 Å². The number of carbonyl (C=O) groups excluding carboxylic acids is 4. The topological polar surface area (TPSA) is 163 Å². The van der Waals surface area contributed by atoms with Crippen molar-refractivity contribution in [3.05, 3.63) is 130 Å². The molecule has 0 aliphatic rings. The highest BCUT2D eigenvalue weighted by molar-refractivity contribution is 6.07. The molecular formula is C43H42F2N4O7. The van der Waals surface area contributed by atoms with Crippen LogP contribution < -0.4 is 10.6 Å². The second-order valence-corrected chi connectivity index (χ2v) is 13.9. The van der Waals surface area contributed by atoms with Gasteiger partial charge in [0.2, 0.25) is 11.8 Å². The van der Waals surface area contributed by atoms with Gasteiger partial charge in [-0.1, -0.05) is 19.1 Å². The molecule has 2 aromatic heterocycles. The number of aromatic hydroxyl groups is 2. The van der Waals surface area contributed by atoms with Crippen LogP contribution in [0.1, 0.15) is 81.8 Å². The van der Waals surface area contributed by atoms with Crippen molar-refractivity contribution in [1.82, 2.24) is 19.8 Å². The fraction of sp³-hybridized carbons (Fsp3) is 0.256. The smallest absolute Gasteiger partial charge is 0.262 e. The highest BCUT2D eigenvalue weighted by Gasteiger charge is 2.37. The Morgan fingerprint density at radius 3 is 1.59 bits per heavy atom. The van der Waals surface area contributed by atoms with Gasteiger partial charge in [-0.25, -0.2) is 8.78 Å². The normalized spacial score (nSPS) is 13.1. The fourth-order valence-electron chi connectivity index (χ4n) is 7.46. The number of hydrogen-bond donors (Lipinski definition) is 5. The van der Waals surface area contributed by atoms with Crippen LogP contribution in [0.2, 0.25) is 0 Å². The molecule has 0 saturated carbocycles. The van der Waals surface area contributed by atoms with Gasteiger partial charge in [0.1, 0.15) is 23.1 Å². The second-order valence-electron chi connectivity index (χ2n) is 13.9. The molecule has 0 aliphatic heterocycles. The number of fused-ring (bicyclic) bond motifs is 2. The Morgan fingerprint density at radius 2 is 1.16 bits per heavy atom. The zero-order valence-corrected chi connectivity index (χ0v) is 31.3. The van der Waals surface area contributed by atoms with E-state index in [9.17, 15) is 43.3 Å². The summed E-state index contributed by atoms with van der Waals surface area (Å²) in [5, 5.41) is 37.5. The Hall–Kier alpha value is -6.34. The van der Waals surface area contributed by atoms with Crippen LogP contribution in [0, 0.1) is 25.5 Å². The Balaban J connectivity index is 1.61. The Morgan fingerprint density at radius 1 is 0.696 bits per heavy atom. The van der Waals surface area contributed by atoms with Crippen molar-refractivity contribution in [1.29, 1.82) is 0 Å². The third-order valence-electron chi connectivity index (χ3n) is 10.2. The number of benzene rings is 4. The summed E-state index contributed by atoms with van der Waals surface area (Å²) < 4.78 is 31.4. The SMILES string of the molecule is CCC(C)NC(=O)C(CC(C(=O)NCCO)c1c(C)n(C(=O)c2cccc(F)c2)c2ccc(O)cc12)c1c(C)n(C(=O)c2cccc(F)c2)c2ccc(O)cc12. The molecule has 4 aromatic carbocycles. The molecule has 0 bridgehead atoms. The average molecular weight is 765 g/mol. The largest absolute Gasteiger partial charge is 0.508 e. The molecule has 2 heterocycles. The van der Waals surface area contributed by atoms with Crippen LogP contribution in [0.5, 0.6) is 11.5 Å². The van der Waals surface area contributed by atoms with E-state index >= 15 is 0 Å². The molecule has 56 heavy (non-hydrogen) atoms. The number of amides is 2. The summed E-state index contributed by atoms with van der Waals surface area (Å²) in [7, 11) is 0. The summed E-state index contributed by atoms with van der Waals surface area (Å²) in [6.07, 6.45) is 0.305. The summed E-state index contributed by atoms with van der Waals surface area (Å²) >= 11 is 0. The number of halogens is 2. The van der Waals surface area contributed by atoms with Gasteiger partial charge in [-0.15, -0.1) is 0 Å². The Kier molecular flexibility index (Phi) is 11.4. The number of phenolic OH excluding ortho intramolecular Hbond substituents is 2. The molecule has 0 radical (unpaired) electrons. The minimum atomic E-state index is -1.23. The number of aliphatic hydroxyl groups is 1. The van der Waals surface area contributed by atoms with Gasteiger partial charge >= 0.3 is 0 Å². The molecule has 3 unspecified atom stereocenters. The van der Waals surface area contributed by atoms with E-state index in [4.69, 9.17) is 0 Å². The molecule has 290 valence electrons. The van der Waals surface area contributed by atoms with Crippen LogP contribution in [0.4, 0.5) is 8.78 Å². The number of nitrogens with one attached hydrogen (secondary N) is 2. The highest BCUT2D eigenvalue weighted by Crippen LogP contribution is 2.43. The van der Waals surface area contributed by atoms with Crippen LogP contribution in [0.15, 0.2) is 84.9 Å². The van der Waals surface area contributed by atoms with Crippen molar-refractivity contribution in [3.63, 3.8) is 0 Å². The molecule has 13 heteroatoms. The number of aliphatic hydroxyl groups excluding tert-OH is 1. The maximum atomic E-state index is 14.6. The van der Waals surface area contributed by atoms with E-state index in [-0.39, 0.29) is 52.9 Å². The fourth-order valence-corrected chi connectivity index (χ4v) is 7.46. The molecule has 2 amide bonds. The quantitative estimate of drug-likeness (QED) is 0.0943. The molecule has 0 aliphatic carbocycles. The molecule has 3 atom stereocenters. The van der Waals surface area contributed by atoms with Gasteiger partial charge in [0.15, 0.2) is 0 Å². The predicted octanol–water partition coefficient (Wildman–Crippen LogP) is 6.56. The minimum Gasteiger partial charge on any atom is -0.508 e. The second kappa shape index (κ2) is 16.2. The van der Waals surface area contributed by atoms with E-state index < -0.39 is 53.7 Å². The van der Waals surface area contributed by atoms with Gasteiger partial charge < -0.3 is 26.0 Å². The van der Waals surface area contributed by atoms with E-state index in [0.717, 1.165) is 12.1 Å². The number of nitrogens with zero attached hydrogens (tertiary/aromatic N) is 2. The lowest BCUT2D eigenvalue weighted by molar-refractivity contribution is -0.125. The van der Waals surface area contributed by atoms with Gasteiger partial charge in [0, 0.05) is 45.9 Å². The maximum absolute atomic E-state index is 14.6. The molecule has 5 N–H and O–H groups in total. The van der Waals surface area contributed by atoms with Gasteiger partial charge in [-0.3, -0.25) is 28.3 Å². The van der Waals surface area contributed by atoms with Crippen molar-refractivity contribution in [2.45, 2.75) is 58.4 Å². The average Bonchev–Trinajstić information content (AvgIpc) is 3.61. The zero-order valence-electron chi connectivity index (χ0n) is 31.3. The maximum Gasteiger partial charge on any atom is 0.262 e. The summed E-state index contributed by atoms with van der Waals surface area (Å²) in [5.41, 5.74) is 1.90. The Bertz CT molecular complexity index is 2510. The van der Waals surface area contributed by atoms with Crippen molar-refractivity contribution < 1.29 is 43.3 Å². The first-order valence-electron chi connectivity index (χ1n) is 18.2. The van der Waals surface area contributed by atoms with E-state index in [0.29, 0.717) is 39.5 Å². The molecule has 0 fully saturated rings. The van der Waals surface area contributed by atoms with Gasteiger partial charge in [0.05, 0.1) is 29.5 Å². The van der Waals surface area contributed by atoms with Crippen molar-refractivity contribution in [2.24, 2.45) is 0 Å². The lowest BCUT2D eigenvalue weighted by Gasteiger charge is -2.26. The summed E-state index contributed by atoms with van der Waals surface area (Å²) in [6.45, 7) is 6.40. The minimum absolute atomic E-state index is 0.0305. The van der Waals surface area contributed by atoms with E-state index in [1.165, 1.54) is 81.9 Å². The van der Waals surface area contributed by atoms with Crippen LogP contribution in [-0.4, -0.2) is 67.3 Å². The van der Waals surface area contributed by atoms with Crippen molar-refractivity contribution in [2.75, 3.05) is 13.2 Å². The number of phenols is 2. The van der Waals surface area contributed by atoms with Crippen LogP contribution in [-0.2, 0) is 9.59 Å². The third kappa shape index (κ3) is 7.50. The number of hydrogen-bond acceptors (Lipinski definition) is 7. The predicted molar refractivity (Wildman–Crippen MR) is 207 cm³/mol. The first kappa shape index (κ1) is 39.4. The van der Waals surface area contributed by atoms with E-state index in [2.05, 4.69) is 10.6 Å². The summed E-state index contributed by atoms with van der Waals surface area (Å²) in [5.74, 6) is -6.28. The van der Waals surface area contributed by atoms with Crippen molar-refractivity contribution >= 4 is 45.4 Å². The highest BCUT2D eigenvalue weighted by atomic mass is 19.1. The molecule has 6 aromatic rings. The van der Waals surface area contributed by atoms with E-state index in [1.807, 2.05) is 13.8 Å². The lowest BCUT2D eigenvalue weighted by atomic mass is 9.81. The summed E-state index contributed by atoms with van der Waals surface area (Å²) in [4.78, 5) is 57.2. The number of carbonyl (C=O) groups is 4. The molecular weight excluding hydrogens is 722 g/mol. The van der Waals surface area contributed by atoms with Crippen LogP contribution in [0.25, 0.3) is 21.8 Å². The van der Waals surface area contributed by atoms with E-state index in [1.54, 1.807) is 13.8 Å². The first-order chi connectivity index (χ1) is 26.7. The Labute approximate surface area is 321 Å². The number of rotatable bonds is 12. The standard InChI is InChI=1S/C43H42F2N4O7/c1-5-23(2)47-41(54)35(39-25(4)49(37-15-13-31(52)21-33(37)39)43(56)27-9-7-11-29(45)19-27)22-34(40(53)46-16-17-50)38-24(3)48(36-14-12-30(51)20-32(36)38)42(55)26-8-6-10-28(44)18-26/h6-15,18-21,23,34-35,50-52H,5,16-17,22H2,1-4H3,(H,46,53)(H,47,54). The molecule has 11 nitrogen and oxygen atoms in total. The lowest BCUT2D eigenvalue weighted by Crippen LogP contribution is -2.39. The first-order valence-corrected chi connectivity index (χ1v) is 18.2. The third-order valence-corrected chi connectivity index (χ3v) is 10.2. The monoisotopic (exact) mass is 764 g/mol. The van der Waals surface area contributed by atoms with Gasteiger partial charge in [0.25, 0.3) is 11.8 Å². The van der Waals surface area contributed by atoms with Crippen molar-refractivity contribution in [3.8, 4) is 11.5 Å². The molecule has 0 spiro atoms. The van der Waals surface area contributed by atoms with Crippen LogP contribution >= 0.6 is 0 Å².